The number of aliphatic hydroxyl groups is 1. The summed E-state index contributed by atoms with van der Waals surface area (Å²) in [5, 5.41) is 10.2. The molecule has 0 radical (unpaired) electrons. The number of hydrogen-bond acceptors (Lipinski definition) is 5. The lowest BCUT2D eigenvalue weighted by Crippen LogP contribution is -2.36. The minimum Gasteiger partial charge on any atom is -0.465 e. The van der Waals surface area contributed by atoms with Gasteiger partial charge in [0.1, 0.15) is 4.88 Å². The molecule has 3 rings (SSSR count). The maximum absolute atomic E-state index is 14.1. The van der Waals surface area contributed by atoms with Crippen molar-refractivity contribution in [2.24, 2.45) is 0 Å². The van der Waals surface area contributed by atoms with E-state index in [1.54, 1.807) is 12.1 Å². The van der Waals surface area contributed by atoms with Crippen LogP contribution >= 0.6 is 11.3 Å². The van der Waals surface area contributed by atoms with Crippen molar-refractivity contribution in [2.45, 2.75) is 50.2 Å². The largest absolute Gasteiger partial charge is 0.465 e. The molecule has 5 nitrogen and oxygen atoms in total. The van der Waals surface area contributed by atoms with Gasteiger partial charge in [0.2, 0.25) is 0 Å². The van der Waals surface area contributed by atoms with Crippen molar-refractivity contribution in [3.63, 3.8) is 0 Å². The van der Waals surface area contributed by atoms with Gasteiger partial charge in [-0.15, -0.1) is 11.3 Å². The number of thiophene rings is 1. The normalized spacial score (nSPS) is 18.1. The molecule has 1 aliphatic rings. The molecule has 2 heterocycles. The highest BCUT2D eigenvalue weighted by Crippen LogP contribution is 2.34. The van der Waals surface area contributed by atoms with Crippen LogP contribution in [0, 0.1) is 11.8 Å². The molecule has 8 heteroatoms. The summed E-state index contributed by atoms with van der Waals surface area (Å²) >= 11 is 1.29. The molecule has 1 aromatic heterocycles. The van der Waals surface area contributed by atoms with E-state index in [2.05, 4.69) is 16.6 Å². The van der Waals surface area contributed by atoms with Gasteiger partial charge in [-0.25, -0.2) is 4.79 Å². The third-order valence-corrected chi connectivity index (χ3v) is 6.56. The molecule has 2 aromatic rings. The zero-order valence-corrected chi connectivity index (χ0v) is 19.7. The van der Waals surface area contributed by atoms with Crippen LogP contribution in [-0.2, 0) is 16.0 Å². The number of carbonyl (C=O) groups is 2. The standard InChI is InChI=1S/C26H27F2NO4S/c1-33-24(31)23-16-15-22(34-23)12-7-17-29-20(18-26(27,28)25(29)32)13-14-21(30)11-6-5-10-19-8-3-2-4-9-19/h2-4,8-9,13-16,20-21,30H,6-7,11-12,17-18H2,1H3. The van der Waals surface area contributed by atoms with E-state index in [1.165, 1.54) is 35.5 Å². The van der Waals surface area contributed by atoms with Crippen molar-refractivity contribution >= 4 is 23.2 Å². The summed E-state index contributed by atoms with van der Waals surface area (Å²) < 4.78 is 32.9. The van der Waals surface area contributed by atoms with Gasteiger partial charge in [-0.05, 0) is 43.5 Å². The van der Waals surface area contributed by atoms with Crippen molar-refractivity contribution in [1.82, 2.24) is 4.90 Å². The summed E-state index contributed by atoms with van der Waals surface area (Å²) in [5.74, 6) is 0.976. The fourth-order valence-electron chi connectivity index (χ4n) is 3.67. The number of carbonyl (C=O) groups excluding carboxylic acids is 2. The molecule has 1 aliphatic heterocycles. The molecule has 0 bridgehead atoms. The van der Waals surface area contributed by atoms with Crippen LogP contribution in [0.25, 0.3) is 0 Å². The number of methoxy groups -OCH3 is 1. The number of amides is 1. The number of hydrogen-bond donors (Lipinski definition) is 1. The van der Waals surface area contributed by atoms with Gasteiger partial charge in [-0.1, -0.05) is 42.2 Å². The average Bonchev–Trinajstić information content (AvgIpc) is 3.38. The molecular formula is C26H27F2NO4S. The maximum Gasteiger partial charge on any atom is 0.348 e. The third kappa shape index (κ3) is 6.99. The first-order valence-corrected chi connectivity index (χ1v) is 11.9. The highest BCUT2D eigenvalue weighted by atomic mass is 32.1. The van der Waals surface area contributed by atoms with Crippen molar-refractivity contribution in [2.75, 3.05) is 13.7 Å². The van der Waals surface area contributed by atoms with Crippen LogP contribution in [0.15, 0.2) is 54.6 Å². The highest BCUT2D eigenvalue weighted by Gasteiger charge is 2.52. The Kier molecular flexibility index (Phi) is 8.97. The Morgan fingerprint density at radius 3 is 2.82 bits per heavy atom. The topological polar surface area (TPSA) is 66.8 Å². The Labute approximate surface area is 202 Å². The number of alkyl halides is 2. The van der Waals surface area contributed by atoms with E-state index in [-0.39, 0.29) is 6.54 Å². The molecular weight excluding hydrogens is 460 g/mol. The number of esters is 1. The first-order valence-electron chi connectivity index (χ1n) is 11.1. The monoisotopic (exact) mass is 487 g/mol. The molecule has 1 fully saturated rings. The van der Waals surface area contributed by atoms with Crippen LogP contribution in [0.4, 0.5) is 8.78 Å². The smallest absolute Gasteiger partial charge is 0.348 e. The SMILES string of the molecule is COC(=O)c1ccc(CCCN2C(=O)C(F)(F)CC2C=CC(O)CCC#Cc2ccccc2)s1. The van der Waals surface area contributed by atoms with Crippen LogP contribution < -0.4 is 0 Å². The van der Waals surface area contributed by atoms with E-state index in [0.717, 1.165) is 10.4 Å². The first kappa shape index (κ1) is 25.6. The van der Waals surface area contributed by atoms with Gasteiger partial charge in [0.05, 0.1) is 19.3 Å². The molecule has 34 heavy (non-hydrogen) atoms. The average molecular weight is 488 g/mol. The minimum absolute atomic E-state index is 0.160. The Morgan fingerprint density at radius 1 is 1.32 bits per heavy atom. The van der Waals surface area contributed by atoms with Crippen LogP contribution in [0.1, 0.15) is 45.8 Å². The molecule has 0 aliphatic carbocycles. The number of benzene rings is 1. The number of aliphatic hydroxyl groups excluding tert-OH is 1. The quantitative estimate of drug-likeness (QED) is 0.322. The second kappa shape index (κ2) is 11.9. The number of nitrogens with zero attached hydrogens (tertiary/aromatic N) is 1. The van der Waals surface area contributed by atoms with Crippen LogP contribution in [0.5, 0.6) is 0 Å². The molecule has 0 saturated carbocycles. The van der Waals surface area contributed by atoms with Gasteiger partial charge < -0.3 is 14.7 Å². The van der Waals surface area contributed by atoms with Gasteiger partial charge in [0, 0.05) is 29.8 Å². The zero-order chi connectivity index (χ0) is 24.6. The number of aryl methyl sites for hydroxylation is 1. The van der Waals surface area contributed by atoms with Crippen molar-refractivity contribution in [3.05, 3.63) is 69.9 Å². The van der Waals surface area contributed by atoms with Crippen LogP contribution in [-0.4, -0.2) is 53.6 Å². The van der Waals surface area contributed by atoms with Crippen LogP contribution in [0.2, 0.25) is 0 Å². The summed E-state index contributed by atoms with van der Waals surface area (Å²) in [6.45, 7) is 0.160. The van der Waals surface area contributed by atoms with E-state index in [9.17, 15) is 23.5 Å². The van der Waals surface area contributed by atoms with Crippen molar-refractivity contribution in [1.29, 1.82) is 0 Å². The van der Waals surface area contributed by atoms with Gasteiger partial charge in [-0.2, -0.15) is 8.78 Å². The van der Waals surface area contributed by atoms with Gasteiger partial charge >= 0.3 is 11.9 Å². The molecule has 0 spiro atoms. The van der Waals surface area contributed by atoms with Crippen molar-refractivity contribution < 1.29 is 28.2 Å². The summed E-state index contributed by atoms with van der Waals surface area (Å²) in [6.07, 6.45) is 3.38. The fraction of sp³-hybridized carbons (Fsp3) is 0.385. The molecule has 2 atom stereocenters. The van der Waals surface area contributed by atoms with Crippen molar-refractivity contribution in [3.8, 4) is 11.8 Å². The number of halogens is 2. The fourth-order valence-corrected chi connectivity index (χ4v) is 4.63. The van der Waals surface area contributed by atoms with Crippen LogP contribution in [0.3, 0.4) is 0 Å². The summed E-state index contributed by atoms with van der Waals surface area (Å²) in [6, 6.07) is 12.2. The lowest BCUT2D eigenvalue weighted by Gasteiger charge is -2.21. The van der Waals surface area contributed by atoms with Gasteiger partial charge in [0.15, 0.2) is 0 Å². The Morgan fingerprint density at radius 2 is 2.09 bits per heavy atom. The van der Waals surface area contributed by atoms with E-state index in [0.29, 0.717) is 30.6 Å². The first-order chi connectivity index (χ1) is 16.3. The molecule has 2 unspecified atom stereocenters. The van der Waals surface area contributed by atoms with E-state index in [1.807, 2.05) is 30.3 Å². The summed E-state index contributed by atoms with van der Waals surface area (Å²) in [5.41, 5.74) is 0.888. The zero-order valence-electron chi connectivity index (χ0n) is 18.9. The van der Waals surface area contributed by atoms with E-state index < -0.39 is 36.4 Å². The Balaban J connectivity index is 1.51. The molecule has 180 valence electrons. The summed E-state index contributed by atoms with van der Waals surface area (Å²) in [7, 11) is 1.31. The second-order valence-corrected chi connectivity index (χ2v) is 9.16. The molecule has 1 amide bonds. The molecule has 1 aromatic carbocycles. The predicted octanol–water partition coefficient (Wildman–Crippen LogP) is 4.45. The maximum atomic E-state index is 14.1. The van der Waals surface area contributed by atoms with E-state index >= 15 is 0 Å². The predicted molar refractivity (Wildman–Crippen MR) is 127 cm³/mol. The number of rotatable bonds is 9. The lowest BCUT2D eigenvalue weighted by molar-refractivity contribution is -0.148. The Hall–Kier alpha value is -3.02. The Bertz CT molecular complexity index is 1070. The van der Waals surface area contributed by atoms with Gasteiger partial charge in [-0.3, -0.25) is 4.79 Å². The molecule has 1 N–H and O–H groups in total. The lowest BCUT2D eigenvalue weighted by atomic mass is 10.1. The third-order valence-electron chi connectivity index (χ3n) is 5.44. The van der Waals surface area contributed by atoms with E-state index in [4.69, 9.17) is 0 Å². The second-order valence-electron chi connectivity index (χ2n) is 7.99. The highest BCUT2D eigenvalue weighted by molar-refractivity contribution is 7.13. The number of likely N-dealkylation sites (tertiary alicyclic amines) is 1. The molecule has 1 saturated heterocycles. The van der Waals surface area contributed by atoms with Gasteiger partial charge in [0.25, 0.3) is 5.91 Å². The summed E-state index contributed by atoms with van der Waals surface area (Å²) in [4.78, 5) is 26.3. The number of ether oxygens (including phenoxy) is 1. The minimum atomic E-state index is -3.41.